The summed E-state index contributed by atoms with van der Waals surface area (Å²) in [5.41, 5.74) is 3.10. The first-order valence-corrected chi connectivity index (χ1v) is 16.7. The second-order valence-corrected chi connectivity index (χ2v) is 11.6. The van der Waals surface area contributed by atoms with Crippen molar-refractivity contribution in [1.82, 2.24) is 0 Å². The van der Waals surface area contributed by atoms with Crippen LogP contribution in [0.15, 0.2) is 18.2 Å². The van der Waals surface area contributed by atoms with Crippen LogP contribution in [0.1, 0.15) is 179 Å². The minimum absolute atomic E-state index is 0.800. The van der Waals surface area contributed by atoms with E-state index in [1.807, 2.05) is 0 Å². The fraction of sp³-hybridized carbons (Fsp3) is 0.824. The highest BCUT2D eigenvalue weighted by Gasteiger charge is 2.19. The molecule has 0 saturated heterocycles. The predicted molar refractivity (Wildman–Crippen MR) is 166 cm³/mol. The molecule has 0 bridgehead atoms. The van der Waals surface area contributed by atoms with Gasteiger partial charge in [0.2, 0.25) is 0 Å². The summed E-state index contributed by atoms with van der Waals surface area (Å²) >= 11 is 0. The van der Waals surface area contributed by atoms with Crippen molar-refractivity contribution in [2.45, 2.75) is 181 Å². The molecule has 1 rings (SSSR count). The van der Waals surface area contributed by atoms with Crippen molar-refractivity contribution in [2.24, 2.45) is 0 Å². The largest absolute Gasteiger partial charge is 0.488 e. The highest BCUT2D eigenvalue weighted by molar-refractivity contribution is 6.59. The van der Waals surface area contributed by atoms with Crippen molar-refractivity contribution in [2.75, 3.05) is 0 Å². The molecule has 37 heavy (non-hydrogen) atoms. The molecule has 0 unspecified atom stereocenters. The molecule has 0 saturated carbocycles. The van der Waals surface area contributed by atoms with E-state index in [1.165, 1.54) is 141 Å². The van der Waals surface area contributed by atoms with E-state index in [0.717, 1.165) is 42.3 Å². The van der Waals surface area contributed by atoms with E-state index in [9.17, 15) is 10.0 Å². The van der Waals surface area contributed by atoms with Crippen molar-refractivity contribution in [3.63, 3.8) is 0 Å². The minimum atomic E-state index is -1.35. The van der Waals surface area contributed by atoms with E-state index >= 15 is 0 Å². The van der Waals surface area contributed by atoms with Crippen LogP contribution < -0.4 is 5.46 Å². The van der Waals surface area contributed by atoms with Gasteiger partial charge in [0.1, 0.15) is 0 Å². The minimum Gasteiger partial charge on any atom is -0.423 e. The molecule has 0 aliphatic carbocycles. The average Bonchev–Trinajstić information content (AvgIpc) is 2.89. The highest BCUT2D eigenvalue weighted by Crippen LogP contribution is 2.16. The van der Waals surface area contributed by atoms with Crippen LogP contribution in [0.3, 0.4) is 0 Å². The third-order valence-corrected chi connectivity index (χ3v) is 8.14. The van der Waals surface area contributed by atoms with Crippen molar-refractivity contribution >= 4 is 12.6 Å². The molecule has 0 fully saturated rings. The van der Waals surface area contributed by atoms with Crippen LogP contribution in [0.25, 0.3) is 0 Å². The summed E-state index contributed by atoms with van der Waals surface area (Å²) in [7, 11) is -1.35. The van der Waals surface area contributed by atoms with Crippen molar-refractivity contribution in [3.05, 3.63) is 29.3 Å². The fourth-order valence-corrected chi connectivity index (χ4v) is 5.75. The normalized spacial score (nSPS) is 11.4. The number of rotatable bonds is 27. The quantitative estimate of drug-likeness (QED) is 0.0906. The van der Waals surface area contributed by atoms with Gasteiger partial charge in [-0.05, 0) is 42.3 Å². The average molecular weight is 515 g/mol. The van der Waals surface area contributed by atoms with Gasteiger partial charge in [-0.2, -0.15) is 0 Å². The molecule has 3 heteroatoms. The predicted octanol–water partition coefficient (Wildman–Crippen LogP) is 9.85. The van der Waals surface area contributed by atoms with Gasteiger partial charge in [-0.25, -0.2) is 0 Å². The molecule has 0 atom stereocenters. The van der Waals surface area contributed by atoms with E-state index in [1.54, 1.807) is 0 Å². The van der Waals surface area contributed by atoms with Gasteiger partial charge < -0.3 is 10.0 Å². The molecule has 0 aromatic heterocycles. The van der Waals surface area contributed by atoms with Gasteiger partial charge in [0.05, 0.1) is 0 Å². The Morgan fingerprint density at radius 3 is 0.973 bits per heavy atom. The van der Waals surface area contributed by atoms with Crippen molar-refractivity contribution in [3.8, 4) is 0 Å². The molecular weight excluding hydrogens is 451 g/mol. The molecular formula is C34H63BO2. The molecule has 0 radical (unpaired) electrons. The molecule has 0 heterocycles. The summed E-state index contributed by atoms with van der Waals surface area (Å²) < 4.78 is 0. The molecule has 1 aromatic rings. The van der Waals surface area contributed by atoms with E-state index in [0.29, 0.717) is 0 Å². The third kappa shape index (κ3) is 19.0. The maximum atomic E-state index is 10.1. The molecule has 2 nitrogen and oxygen atoms in total. The summed E-state index contributed by atoms with van der Waals surface area (Å²) in [6.07, 6.45) is 34.4. The van der Waals surface area contributed by atoms with Crippen LogP contribution >= 0.6 is 0 Å². The van der Waals surface area contributed by atoms with Gasteiger partial charge in [0.15, 0.2) is 0 Å². The van der Waals surface area contributed by atoms with Crippen LogP contribution in [-0.4, -0.2) is 17.2 Å². The Labute approximate surface area is 232 Å². The van der Waals surface area contributed by atoms with Crippen molar-refractivity contribution in [1.29, 1.82) is 0 Å². The second-order valence-electron chi connectivity index (χ2n) is 11.6. The zero-order valence-electron chi connectivity index (χ0n) is 25.1. The van der Waals surface area contributed by atoms with Crippen LogP contribution in [0, 0.1) is 0 Å². The Balaban J connectivity index is 2.16. The second kappa shape index (κ2) is 25.5. The van der Waals surface area contributed by atoms with E-state index in [2.05, 4.69) is 32.0 Å². The molecule has 0 aliphatic heterocycles. The summed E-state index contributed by atoms with van der Waals surface area (Å²) in [5.74, 6) is 0. The van der Waals surface area contributed by atoms with Gasteiger partial charge in [0.25, 0.3) is 0 Å². The lowest BCUT2D eigenvalue weighted by Gasteiger charge is -2.15. The third-order valence-electron chi connectivity index (χ3n) is 8.14. The SMILES string of the molecule is CCCCCCCCCCCCCCc1cccc(CCCCCCCCCCCCCC)c1B(O)O. The zero-order chi connectivity index (χ0) is 26.8. The maximum absolute atomic E-state index is 10.1. The lowest BCUT2D eigenvalue weighted by atomic mass is 9.72. The van der Waals surface area contributed by atoms with E-state index in [4.69, 9.17) is 0 Å². The maximum Gasteiger partial charge on any atom is 0.488 e. The Morgan fingerprint density at radius 2 is 0.703 bits per heavy atom. The topological polar surface area (TPSA) is 40.5 Å². The highest BCUT2D eigenvalue weighted by atomic mass is 16.4. The standard InChI is InChI=1S/C34H63BO2/c1-3-5-7-9-11-13-15-17-19-21-23-25-28-32-30-27-31-33(34(32)35(36)37)29-26-24-22-20-18-16-14-12-10-8-6-4-2/h27,30-31,36-37H,3-26,28-29H2,1-2H3. The molecule has 1 aromatic carbocycles. The smallest absolute Gasteiger partial charge is 0.423 e. The Morgan fingerprint density at radius 1 is 0.432 bits per heavy atom. The summed E-state index contributed by atoms with van der Waals surface area (Å²) in [5, 5.41) is 20.2. The number of benzene rings is 1. The first kappa shape index (κ1) is 34.2. The monoisotopic (exact) mass is 514 g/mol. The Kier molecular flexibility index (Phi) is 23.6. The summed E-state index contributed by atoms with van der Waals surface area (Å²) in [4.78, 5) is 0. The fourth-order valence-electron chi connectivity index (χ4n) is 5.75. The number of hydrogen-bond acceptors (Lipinski definition) is 2. The Bertz CT molecular complexity index is 570. The first-order valence-electron chi connectivity index (χ1n) is 16.7. The molecule has 0 spiro atoms. The molecule has 0 amide bonds. The van der Waals surface area contributed by atoms with Crippen LogP contribution in [0.2, 0.25) is 0 Å². The number of aryl methyl sites for hydroxylation is 2. The number of hydrogen-bond donors (Lipinski definition) is 2. The Hall–Kier alpha value is -0.795. The van der Waals surface area contributed by atoms with Gasteiger partial charge in [-0.15, -0.1) is 0 Å². The van der Waals surface area contributed by atoms with Crippen LogP contribution in [0.4, 0.5) is 0 Å². The number of unbranched alkanes of at least 4 members (excludes halogenated alkanes) is 22. The zero-order valence-corrected chi connectivity index (χ0v) is 25.1. The van der Waals surface area contributed by atoms with Gasteiger partial charge in [-0.1, -0.05) is 173 Å². The lowest BCUT2D eigenvalue weighted by Crippen LogP contribution is -2.36. The first-order chi connectivity index (χ1) is 18.2. The molecule has 0 aliphatic rings. The van der Waals surface area contributed by atoms with Gasteiger partial charge in [-0.3, -0.25) is 0 Å². The van der Waals surface area contributed by atoms with Crippen molar-refractivity contribution < 1.29 is 10.0 Å². The van der Waals surface area contributed by atoms with Crippen LogP contribution in [-0.2, 0) is 12.8 Å². The van der Waals surface area contributed by atoms with Gasteiger partial charge in [0, 0.05) is 0 Å². The summed E-state index contributed by atoms with van der Waals surface area (Å²) in [6.45, 7) is 4.56. The molecule has 214 valence electrons. The van der Waals surface area contributed by atoms with Crippen LogP contribution in [0.5, 0.6) is 0 Å². The van der Waals surface area contributed by atoms with E-state index < -0.39 is 7.12 Å². The molecule has 2 N–H and O–H groups in total. The van der Waals surface area contributed by atoms with Gasteiger partial charge >= 0.3 is 7.12 Å². The lowest BCUT2D eigenvalue weighted by molar-refractivity contribution is 0.424. The summed E-state index contributed by atoms with van der Waals surface area (Å²) in [6, 6.07) is 6.34. The van der Waals surface area contributed by atoms with E-state index in [-0.39, 0.29) is 0 Å².